The van der Waals surface area contributed by atoms with Crippen molar-refractivity contribution in [3.63, 3.8) is 0 Å². The molecule has 1 unspecified atom stereocenters. The summed E-state index contributed by atoms with van der Waals surface area (Å²) in [6.45, 7) is 6.38. The fourth-order valence-corrected chi connectivity index (χ4v) is 2.52. The lowest BCUT2D eigenvalue weighted by Crippen LogP contribution is -2.29. The average Bonchev–Trinajstić information content (AvgIpc) is 2.59. The fraction of sp³-hybridized carbons (Fsp3) is 0.500. The smallest absolute Gasteiger partial charge is 0.127 e. The molecular weight excluding hydrogens is 218 g/mol. The van der Waals surface area contributed by atoms with Crippen molar-refractivity contribution in [3.05, 3.63) is 23.0 Å². The second kappa shape index (κ2) is 4.47. The van der Waals surface area contributed by atoms with Crippen LogP contribution in [0.4, 0.5) is 0 Å². The Hall–Kier alpha value is -1.00. The third kappa shape index (κ3) is 2.23. The van der Waals surface area contributed by atoms with Gasteiger partial charge in [0.05, 0.1) is 5.69 Å². The molecule has 16 heavy (non-hydrogen) atoms. The zero-order valence-corrected chi connectivity index (χ0v) is 10.7. The van der Waals surface area contributed by atoms with Gasteiger partial charge in [-0.15, -0.1) is 11.3 Å². The van der Waals surface area contributed by atoms with Gasteiger partial charge in [-0.1, -0.05) is 13.8 Å². The number of rotatable bonds is 3. The minimum absolute atomic E-state index is 0.165. The maximum atomic E-state index is 6.09. The zero-order valence-electron chi connectivity index (χ0n) is 9.90. The molecule has 0 aliphatic heterocycles. The lowest BCUT2D eigenvalue weighted by molar-refractivity contribution is 0.487. The van der Waals surface area contributed by atoms with Crippen LogP contribution in [0.25, 0.3) is 10.2 Å². The van der Waals surface area contributed by atoms with Crippen molar-refractivity contribution in [2.45, 2.75) is 33.2 Å². The maximum absolute atomic E-state index is 6.09. The van der Waals surface area contributed by atoms with E-state index in [9.17, 15) is 0 Å². The molecule has 0 aliphatic carbocycles. The summed E-state index contributed by atoms with van der Waals surface area (Å²) in [5.41, 5.74) is 7.17. The van der Waals surface area contributed by atoms with Crippen LogP contribution >= 0.6 is 11.3 Å². The van der Waals surface area contributed by atoms with Gasteiger partial charge in [-0.2, -0.15) is 0 Å². The first kappa shape index (κ1) is 11.5. The van der Waals surface area contributed by atoms with E-state index in [1.54, 1.807) is 17.7 Å². The van der Waals surface area contributed by atoms with Crippen molar-refractivity contribution in [1.82, 2.24) is 9.97 Å². The molecule has 0 aromatic carbocycles. The van der Waals surface area contributed by atoms with E-state index in [1.165, 1.54) is 10.3 Å². The quantitative estimate of drug-likeness (QED) is 0.889. The van der Waals surface area contributed by atoms with Gasteiger partial charge in [0, 0.05) is 22.7 Å². The SMILES string of the molecule is Cc1cc2c(CC(N)C(C)C)ncnc2s1. The number of aromatic nitrogens is 2. The molecule has 0 bridgehead atoms. The lowest BCUT2D eigenvalue weighted by atomic mass is 9.99. The highest BCUT2D eigenvalue weighted by Crippen LogP contribution is 2.25. The van der Waals surface area contributed by atoms with E-state index in [-0.39, 0.29) is 6.04 Å². The number of aryl methyl sites for hydroxylation is 1. The first-order valence-corrected chi connectivity index (χ1v) is 6.35. The summed E-state index contributed by atoms with van der Waals surface area (Å²) in [5, 5.41) is 1.17. The Morgan fingerprint density at radius 3 is 2.81 bits per heavy atom. The highest BCUT2D eigenvalue weighted by atomic mass is 32.1. The third-order valence-corrected chi connectivity index (χ3v) is 3.78. The van der Waals surface area contributed by atoms with E-state index in [1.807, 2.05) is 0 Å². The van der Waals surface area contributed by atoms with Gasteiger partial charge < -0.3 is 5.73 Å². The van der Waals surface area contributed by atoms with Gasteiger partial charge in [0.15, 0.2) is 0 Å². The second-order valence-corrected chi connectivity index (χ2v) is 5.74. The molecule has 2 rings (SSSR count). The normalized spacial score (nSPS) is 13.6. The Balaban J connectivity index is 2.36. The summed E-state index contributed by atoms with van der Waals surface area (Å²) >= 11 is 1.71. The van der Waals surface area contributed by atoms with E-state index in [2.05, 4.69) is 36.8 Å². The van der Waals surface area contributed by atoms with Crippen LogP contribution < -0.4 is 5.73 Å². The predicted octanol–water partition coefficient (Wildman–Crippen LogP) is 2.53. The molecule has 4 heteroatoms. The molecule has 0 spiro atoms. The van der Waals surface area contributed by atoms with Gasteiger partial charge >= 0.3 is 0 Å². The lowest BCUT2D eigenvalue weighted by Gasteiger charge is -2.14. The summed E-state index contributed by atoms with van der Waals surface area (Å²) in [7, 11) is 0. The Morgan fingerprint density at radius 1 is 1.38 bits per heavy atom. The van der Waals surface area contributed by atoms with Gasteiger partial charge in [0.1, 0.15) is 11.2 Å². The monoisotopic (exact) mass is 235 g/mol. The van der Waals surface area contributed by atoms with E-state index in [0.29, 0.717) is 5.92 Å². The van der Waals surface area contributed by atoms with Crippen LogP contribution in [0.5, 0.6) is 0 Å². The fourth-order valence-electron chi connectivity index (χ4n) is 1.65. The molecular formula is C12H17N3S. The standard InChI is InChI=1S/C12H17N3S/c1-7(2)10(13)5-11-9-4-8(3)16-12(9)15-6-14-11/h4,6-7,10H,5,13H2,1-3H3. The molecule has 0 radical (unpaired) electrons. The Kier molecular flexibility index (Phi) is 3.21. The van der Waals surface area contributed by atoms with E-state index < -0.39 is 0 Å². The molecule has 0 aliphatic rings. The van der Waals surface area contributed by atoms with Crippen LogP contribution in [0.1, 0.15) is 24.4 Å². The minimum atomic E-state index is 0.165. The summed E-state index contributed by atoms with van der Waals surface area (Å²) in [5.74, 6) is 0.477. The molecule has 0 saturated heterocycles. The number of nitrogens with two attached hydrogens (primary N) is 1. The highest BCUT2D eigenvalue weighted by Gasteiger charge is 2.13. The largest absolute Gasteiger partial charge is 0.327 e. The van der Waals surface area contributed by atoms with Crippen molar-refractivity contribution < 1.29 is 0 Å². The van der Waals surface area contributed by atoms with Gasteiger partial charge in [-0.3, -0.25) is 0 Å². The number of hydrogen-bond acceptors (Lipinski definition) is 4. The zero-order chi connectivity index (χ0) is 11.7. The third-order valence-electron chi connectivity index (χ3n) is 2.82. The molecule has 2 aromatic heterocycles. The minimum Gasteiger partial charge on any atom is -0.327 e. The molecule has 0 amide bonds. The number of hydrogen-bond donors (Lipinski definition) is 1. The highest BCUT2D eigenvalue weighted by molar-refractivity contribution is 7.18. The second-order valence-electron chi connectivity index (χ2n) is 4.51. The van der Waals surface area contributed by atoms with Crippen molar-refractivity contribution in [2.75, 3.05) is 0 Å². The summed E-state index contributed by atoms with van der Waals surface area (Å²) < 4.78 is 0. The van der Waals surface area contributed by atoms with Crippen molar-refractivity contribution in [2.24, 2.45) is 11.7 Å². The molecule has 2 aromatic rings. The van der Waals surface area contributed by atoms with E-state index >= 15 is 0 Å². The molecule has 2 heterocycles. The summed E-state index contributed by atoms with van der Waals surface area (Å²) in [4.78, 5) is 11.0. The van der Waals surface area contributed by atoms with Crippen LogP contribution in [0, 0.1) is 12.8 Å². The van der Waals surface area contributed by atoms with Gasteiger partial charge in [-0.25, -0.2) is 9.97 Å². The summed E-state index contributed by atoms with van der Waals surface area (Å²) in [6.07, 6.45) is 2.47. The molecule has 1 atom stereocenters. The average molecular weight is 235 g/mol. The van der Waals surface area contributed by atoms with E-state index in [0.717, 1.165) is 16.9 Å². The van der Waals surface area contributed by atoms with Crippen molar-refractivity contribution in [1.29, 1.82) is 0 Å². The first-order chi connectivity index (χ1) is 7.58. The maximum Gasteiger partial charge on any atom is 0.127 e. The first-order valence-electron chi connectivity index (χ1n) is 5.53. The van der Waals surface area contributed by atoms with Gasteiger partial charge in [0.2, 0.25) is 0 Å². The molecule has 0 saturated carbocycles. The molecule has 2 N–H and O–H groups in total. The van der Waals surface area contributed by atoms with Crippen molar-refractivity contribution >= 4 is 21.6 Å². The summed E-state index contributed by atoms with van der Waals surface area (Å²) in [6, 6.07) is 2.32. The van der Waals surface area contributed by atoms with Crippen LogP contribution in [0.3, 0.4) is 0 Å². The van der Waals surface area contributed by atoms with Gasteiger partial charge in [0.25, 0.3) is 0 Å². The van der Waals surface area contributed by atoms with Crippen LogP contribution in [-0.4, -0.2) is 16.0 Å². The van der Waals surface area contributed by atoms with E-state index in [4.69, 9.17) is 5.73 Å². The number of nitrogens with zero attached hydrogens (tertiary/aromatic N) is 2. The topological polar surface area (TPSA) is 51.8 Å². The molecule has 0 fully saturated rings. The Morgan fingerprint density at radius 2 is 2.12 bits per heavy atom. The Bertz CT molecular complexity index is 490. The van der Waals surface area contributed by atoms with Crippen molar-refractivity contribution in [3.8, 4) is 0 Å². The molecule has 86 valence electrons. The predicted molar refractivity (Wildman–Crippen MR) is 68.7 cm³/mol. The van der Waals surface area contributed by atoms with Crippen LogP contribution in [-0.2, 0) is 6.42 Å². The number of thiophene rings is 1. The van der Waals surface area contributed by atoms with Gasteiger partial charge in [-0.05, 0) is 18.9 Å². The van der Waals surface area contributed by atoms with Crippen LogP contribution in [0.2, 0.25) is 0 Å². The molecule has 3 nitrogen and oxygen atoms in total. The van der Waals surface area contributed by atoms with Crippen LogP contribution in [0.15, 0.2) is 12.4 Å². The Labute approximate surface area is 99.7 Å². The number of fused-ring (bicyclic) bond motifs is 1.